The molecule has 0 saturated heterocycles. The van der Waals surface area contributed by atoms with Gasteiger partial charge in [-0.05, 0) is 148 Å². The van der Waals surface area contributed by atoms with Crippen LogP contribution in [-0.4, -0.2) is 72.8 Å². The highest BCUT2D eigenvalue weighted by Crippen LogP contribution is 2.32. The number of fused-ring (bicyclic) bond motifs is 2. The molecular weight excluding hydrogens is 723 g/mol. The number of hydrogen-bond acceptors (Lipinski definition) is 8. The van der Waals surface area contributed by atoms with E-state index in [0.29, 0.717) is 23.4 Å². The minimum atomic E-state index is -0.959. The predicted molar refractivity (Wildman–Crippen MR) is 225 cm³/mol. The molecule has 0 atom stereocenters. The average Bonchev–Trinajstić information content (AvgIpc) is 3.77. The summed E-state index contributed by atoms with van der Waals surface area (Å²) in [6.07, 6.45) is 0. The third-order valence-electron chi connectivity index (χ3n) is 9.66. The number of aliphatic hydroxyl groups excluding tert-OH is 1. The average molecular weight is 768 g/mol. The van der Waals surface area contributed by atoms with E-state index in [9.17, 15) is 14.4 Å². The number of aromatic nitrogens is 4. The zero-order chi connectivity index (χ0) is 41.0. The van der Waals surface area contributed by atoms with E-state index in [4.69, 9.17) is 20.3 Å². The highest BCUT2D eigenvalue weighted by atomic mass is 16.4. The number of amides is 1. The van der Waals surface area contributed by atoms with Gasteiger partial charge in [0.05, 0.1) is 34.2 Å². The van der Waals surface area contributed by atoms with Crippen LogP contribution in [-0.2, 0) is 4.79 Å². The van der Waals surface area contributed by atoms with Crippen LogP contribution in [0.15, 0.2) is 78.9 Å². The van der Waals surface area contributed by atoms with E-state index in [1.807, 2.05) is 90.1 Å². The summed E-state index contributed by atoms with van der Waals surface area (Å²) < 4.78 is 0. The molecule has 0 aliphatic carbocycles. The number of aryl methyl sites for hydroxylation is 6. The summed E-state index contributed by atoms with van der Waals surface area (Å²) in [6.45, 7) is 12.4. The number of hydrogen-bond donors (Lipinski definition) is 8. The molecule has 0 aliphatic heterocycles. The van der Waals surface area contributed by atoms with E-state index in [2.05, 4.69) is 30.9 Å². The number of aromatic amines is 2. The van der Waals surface area contributed by atoms with Gasteiger partial charge in [0.15, 0.2) is 0 Å². The lowest BCUT2D eigenvalue weighted by atomic mass is 10.0. The molecule has 0 radical (unpaired) electrons. The van der Waals surface area contributed by atoms with Crippen molar-refractivity contribution < 1.29 is 29.7 Å². The minimum Gasteiger partial charge on any atom is -0.480 e. The molecule has 0 bridgehead atoms. The van der Waals surface area contributed by atoms with Gasteiger partial charge in [-0.3, -0.25) is 9.59 Å². The number of carbonyl (C=O) groups excluding carboxylic acids is 1. The van der Waals surface area contributed by atoms with Crippen molar-refractivity contribution in [2.75, 3.05) is 35.6 Å². The van der Waals surface area contributed by atoms with Gasteiger partial charge in [0, 0.05) is 40.3 Å². The predicted octanol–water partition coefficient (Wildman–Crippen LogP) is 8.16. The van der Waals surface area contributed by atoms with Crippen molar-refractivity contribution in [3.8, 4) is 22.8 Å². The number of H-pyrrole nitrogens is 2. The maximum atomic E-state index is 12.8. The third kappa shape index (κ3) is 9.11. The number of carboxylic acid groups (broad SMARTS) is 2. The van der Waals surface area contributed by atoms with Crippen LogP contribution in [0.1, 0.15) is 54.1 Å². The summed E-state index contributed by atoms with van der Waals surface area (Å²) in [5, 5.41) is 35.9. The molecule has 292 valence electrons. The topological polar surface area (TPSA) is 205 Å². The fourth-order valence-electron chi connectivity index (χ4n) is 6.81. The number of rotatable bonds is 11. The zero-order valence-corrected chi connectivity index (χ0v) is 32.6. The first kappa shape index (κ1) is 39.7. The molecule has 5 aromatic carbocycles. The monoisotopic (exact) mass is 767 g/mol. The lowest BCUT2D eigenvalue weighted by molar-refractivity contribution is -0.134. The number of carbonyl (C=O) groups is 3. The number of aliphatic carboxylic acids is 1. The smallest absolute Gasteiger partial charge is 0.335 e. The lowest BCUT2D eigenvalue weighted by Crippen LogP contribution is -2.12. The Labute approximate surface area is 329 Å². The Balaban J connectivity index is 0.000000203. The molecule has 0 spiro atoms. The van der Waals surface area contributed by atoms with E-state index >= 15 is 0 Å². The molecule has 13 nitrogen and oxygen atoms in total. The molecule has 0 fully saturated rings. The second kappa shape index (κ2) is 16.8. The molecule has 13 heteroatoms. The van der Waals surface area contributed by atoms with Gasteiger partial charge in [-0.15, -0.1) is 0 Å². The second-order valence-electron chi connectivity index (χ2n) is 14.1. The first-order valence-electron chi connectivity index (χ1n) is 18.4. The van der Waals surface area contributed by atoms with E-state index < -0.39 is 11.9 Å². The molecule has 57 heavy (non-hydrogen) atoms. The summed E-state index contributed by atoms with van der Waals surface area (Å²) in [7, 11) is 0. The number of benzene rings is 5. The van der Waals surface area contributed by atoms with Crippen molar-refractivity contribution in [2.24, 2.45) is 0 Å². The molecule has 0 unspecified atom stereocenters. The summed E-state index contributed by atoms with van der Waals surface area (Å²) in [6, 6.07) is 23.9. The largest absolute Gasteiger partial charge is 0.480 e. The van der Waals surface area contributed by atoms with Crippen LogP contribution < -0.4 is 16.0 Å². The minimum absolute atomic E-state index is 0.0787. The van der Waals surface area contributed by atoms with Gasteiger partial charge < -0.3 is 41.2 Å². The highest BCUT2D eigenvalue weighted by molar-refractivity contribution is 6.06. The lowest BCUT2D eigenvalue weighted by Gasteiger charge is -2.12. The van der Waals surface area contributed by atoms with Crippen LogP contribution in [0.3, 0.4) is 0 Å². The van der Waals surface area contributed by atoms with Crippen LogP contribution in [0.25, 0.3) is 44.8 Å². The zero-order valence-electron chi connectivity index (χ0n) is 32.6. The second-order valence-corrected chi connectivity index (χ2v) is 14.1. The van der Waals surface area contributed by atoms with E-state index in [1.54, 1.807) is 30.3 Å². The summed E-state index contributed by atoms with van der Waals surface area (Å²) in [4.78, 5) is 50.6. The molecule has 7 aromatic rings. The number of anilines is 3. The number of imidazole rings is 2. The fraction of sp³-hybridized carbons (Fsp3) is 0.205. The SMILES string of the molecule is Cc1cc(NCCO)cc(C)c1-c1nc2ccc(C(=O)O)cc2[nH]1.Cc1ccc(NC(=O)c2ccc3nc(-c4c(C)cc(NCC(=O)O)cc4C)[nH]c3c2)cc1C. The Bertz CT molecular complexity index is 2610. The van der Waals surface area contributed by atoms with Gasteiger partial charge >= 0.3 is 11.9 Å². The summed E-state index contributed by atoms with van der Waals surface area (Å²) >= 11 is 0. The molecule has 0 aliphatic rings. The van der Waals surface area contributed by atoms with Crippen molar-refractivity contribution >= 4 is 57.0 Å². The Morgan fingerprint density at radius 1 is 0.579 bits per heavy atom. The van der Waals surface area contributed by atoms with Crippen LogP contribution in [0, 0.1) is 41.5 Å². The summed E-state index contributed by atoms with van der Waals surface area (Å²) in [5.74, 6) is -0.631. The van der Waals surface area contributed by atoms with Gasteiger partial charge in [0.1, 0.15) is 18.2 Å². The molecule has 1 amide bonds. The molecule has 2 aromatic heterocycles. The van der Waals surface area contributed by atoms with Crippen molar-refractivity contribution in [2.45, 2.75) is 41.5 Å². The van der Waals surface area contributed by atoms with Crippen LogP contribution in [0.5, 0.6) is 0 Å². The van der Waals surface area contributed by atoms with Gasteiger partial charge in [0.2, 0.25) is 0 Å². The standard InChI is InChI=1S/C26H26N4O3.C18H19N3O3/c1-14-5-7-19(9-15(14)2)28-26(33)18-6-8-21-22(12-18)30-25(29-21)24-16(3)10-20(11-17(24)4)27-13-23(31)32;1-10-7-13(19-5-6-22)8-11(2)16(10)17-20-14-4-3-12(18(23)24)9-15(14)21-17/h5-12,27H,13H2,1-4H3,(H,28,33)(H,29,30)(H,31,32);3-4,7-9,19,22H,5-6H2,1-2H3,(H,20,21)(H,23,24). The van der Waals surface area contributed by atoms with Crippen LogP contribution >= 0.6 is 0 Å². The quantitative estimate of drug-likeness (QED) is 0.0634. The van der Waals surface area contributed by atoms with Crippen molar-refractivity contribution in [3.05, 3.63) is 123 Å². The number of aliphatic hydroxyl groups is 1. The van der Waals surface area contributed by atoms with E-state index in [1.165, 1.54) is 5.56 Å². The maximum Gasteiger partial charge on any atom is 0.335 e. The number of aromatic carboxylic acids is 1. The number of nitrogens with zero attached hydrogens (tertiary/aromatic N) is 2. The first-order valence-corrected chi connectivity index (χ1v) is 18.4. The molecule has 8 N–H and O–H groups in total. The Morgan fingerprint density at radius 3 is 1.56 bits per heavy atom. The third-order valence-corrected chi connectivity index (χ3v) is 9.66. The van der Waals surface area contributed by atoms with Crippen molar-refractivity contribution in [1.29, 1.82) is 0 Å². The Morgan fingerprint density at radius 2 is 1.07 bits per heavy atom. The Kier molecular flexibility index (Phi) is 11.7. The number of carboxylic acids is 2. The Hall–Kier alpha value is -6.99. The van der Waals surface area contributed by atoms with E-state index in [-0.39, 0.29) is 24.6 Å². The maximum absolute atomic E-state index is 12.8. The van der Waals surface area contributed by atoms with Gasteiger partial charge in [-0.25, -0.2) is 14.8 Å². The van der Waals surface area contributed by atoms with Gasteiger partial charge in [0.25, 0.3) is 5.91 Å². The van der Waals surface area contributed by atoms with Gasteiger partial charge in [-0.2, -0.15) is 0 Å². The number of nitrogens with one attached hydrogen (secondary N) is 5. The van der Waals surface area contributed by atoms with Crippen molar-refractivity contribution in [1.82, 2.24) is 19.9 Å². The van der Waals surface area contributed by atoms with Crippen molar-refractivity contribution in [3.63, 3.8) is 0 Å². The van der Waals surface area contributed by atoms with E-state index in [0.717, 1.165) is 78.4 Å². The van der Waals surface area contributed by atoms with Crippen LogP contribution in [0.2, 0.25) is 0 Å². The normalized spacial score (nSPS) is 10.9. The molecule has 0 saturated carbocycles. The molecule has 2 heterocycles. The summed E-state index contributed by atoms with van der Waals surface area (Å²) in [5.41, 5.74) is 14.5. The molecular formula is C44H45N7O6. The molecule has 7 rings (SSSR count). The fourth-order valence-corrected chi connectivity index (χ4v) is 6.81. The van der Waals surface area contributed by atoms with Crippen LogP contribution in [0.4, 0.5) is 17.1 Å². The van der Waals surface area contributed by atoms with Gasteiger partial charge in [-0.1, -0.05) is 6.07 Å². The first-order chi connectivity index (χ1) is 27.2. The highest BCUT2D eigenvalue weighted by Gasteiger charge is 2.16.